The maximum atomic E-state index is 11.4. The molecule has 2 N–H and O–H groups in total. The quantitative estimate of drug-likeness (QED) is 0.724. The van der Waals surface area contributed by atoms with E-state index in [2.05, 4.69) is 17.6 Å². The summed E-state index contributed by atoms with van der Waals surface area (Å²) in [5.74, 6) is 1.33. The van der Waals surface area contributed by atoms with Crippen molar-refractivity contribution in [2.75, 3.05) is 18.8 Å². The van der Waals surface area contributed by atoms with Crippen molar-refractivity contribution in [3.8, 4) is 0 Å². The molecule has 1 aliphatic carbocycles. The molecule has 1 aliphatic rings. The number of amides is 1. The smallest absolute Gasteiger partial charge is 0.234 e. The lowest BCUT2D eigenvalue weighted by Crippen LogP contribution is -2.39. The molecule has 0 aliphatic heterocycles. The highest BCUT2D eigenvalue weighted by Gasteiger charge is 2.25. The van der Waals surface area contributed by atoms with Crippen LogP contribution in [0.15, 0.2) is 0 Å². The van der Waals surface area contributed by atoms with Gasteiger partial charge in [0.05, 0.1) is 6.54 Å². The Bertz CT molecular complexity index is 199. The number of thioether (sulfide) groups is 1. The standard InChI is InChI=1S/C11H22N2OS/c1-3-12-8-11(14)13-9-5-6-10(7-9)15-4-2/h9-10,12H,3-8H2,1-2H3,(H,13,14). The fourth-order valence-electron chi connectivity index (χ4n) is 1.98. The third-order valence-electron chi connectivity index (χ3n) is 2.69. The van der Waals surface area contributed by atoms with Crippen LogP contribution in [0.4, 0.5) is 0 Å². The van der Waals surface area contributed by atoms with Gasteiger partial charge in [-0.05, 0) is 31.6 Å². The Morgan fingerprint density at radius 3 is 2.87 bits per heavy atom. The van der Waals surface area contributed by atoms with Crippen molar-refractivity contribution in [2.45, 2.75) is 44.4 Å². The van der Waals surface area contributed by atoms with E-state index >= 15 is 0 Å². The van der Waals surface area contributed by atoms with Gasteiger partial charge in [-0.2, -0.15) is 11.8 Å². The van der Waals surface area contributed by atoms with E-state index in [1.807, 2.05) is 18.7 Å². The van der Waals surface area contributed by atoms with Crippen LogP contribution in [0.3, 0.4) is 0 Å². The second-order valence-corrected chi connectivity index (χ2v) is 5.51. The van der Waals surface area contributed by atoms with Crippen molar-refractivity contribution in [1.82, 2.24) is 10.6 Å². The highest BCUT2D eigenvalue weighted by Crippen LogP contribution is 2.29. The third kappa shape index (κ3) is 4.89. The molecule has 2 atom stereocenters. The van der Waals surface area contributed by atoms with Gasteiger partial charge in [0.15, 0.2) is 0 Å². The molecule has 0 bridgehead atoms. The monoisotopic (exact) mass is 230 g/mol. The number of hydrogen-bond donors (Lipinski definition) is 2. The van der Waals surface area contributed by atoms with Gasteiger partial charge in [0.2, 0.25) is 5.91 Å². The Morgan fingerprint density at radius 2 is 2.20 bits per heavy atom. The van der Waals surface area contributed by atoms with Gasteiger partial charge in [-0.1, -0.05) is 13.8 Å². The molecule has 0 aromatic rings. The number of hydrogen-bond acceptors (Lipinski definition) is 3. The minimum Gasteiger partial charge on any atom is -0.352 e. The maximum Gasteiger partial charge on any atom is 0.234 e. The SMILES string of the molecule is CCNCC(=O)NC1CCC(SCC)C1. The van der Waals surface area contributed by atoms with E-state index in [4.69, 9.17) is 0 Å². The molecule has 0 radical (unpaired) electrons. The molecule has 88 valence electrons. The summed E-state index contributed by atoms with van der Waals surface area (Å²) in [6.45, 7) is 5.52. The van der Waals surface area contributed by atoms with Crippen LogP contribution in [0.5, 0.6) is 0 Å². The van der Waals surface area contributed by atoms with Crippen molar-refractivity contribution in [3.05, 3.63) is 0 Å². The normalized spacial score (nSPS) is 25.5. The zero-order valence-electron chi connectivity index (χ0n) is 9.71. The summed E-state index contributed by atoms with van der Waals surface area (Å²) >= 11 is 2.02. The lowest BCUT2D eigenvalue weighted by atomic mass is 10.2. The molecular weight excluding hydrogens is 208 g/mol. The molecule has 15 heavy (non-hydrogen) atoms. The topological polar surface area (TPSA) is 41.1 Å². The van der Waals surface area contributed by atoms with E-state index in [1.165, 1.54) is 12.2 Å². The molecule has 1 fully saturated rings. The summed E-state index contributed by atoms with van der Waals surface area (Å²) in [5.41, 5.74) is 0. The molecule has 1 rings (SSSR count). The molecular formula is C11H22N2OS. The fourth-order valence-corrected chi connectivity index (χ4v) is 3.12. The van der Waals surface area contributed by atoms with Gasteiger partial charge in [0.1, 0.15) is 0 Å². The van der Waals surface area contributed by atoms with Crippen molar-refractivity contribution in [2.24, 2.45) is 0 Å². The van der Waals surface area contributed by atoms with Gasteiger partial charge in [0, 0.05) is 11.3 Å². The first kappa shape index (κ1) is 12.8. The Hall–Kier alpha value is -0.220. The number of carbonyl (C=O) groups is 1. The van der Waals surface area contributed by atoms with E-state index in [-0.39, 0.29) is 5.91 Å². The summed E-state index contributed by atoms with van der Waals surface area (Å²) in [5, 5.41) is 6.89. The Kier molecular flexibility index (Phi) is 6.10. The summed E-state index contributed by atoms with van der Waals surface area (Å²) in [6.07, 6.45) is 3.55. The van der Waals surface area contributed by atoms with Crippen molar-refractivity contribution in [1.29, 1.82) is 0 Å². The van der Waals surface area contributed by atoms with E-state index in [1.54, 1.807) is 0 Å². The van der Waals surface area contributed by atoms with Crippen LogP contribution in [0.2, 0.25) is 0 Å². The summed E-state index contributed by atoms with van der Waals surface area (Å²) in [6, 6.07) is 0.417. The fraction of sp³-hybridized carbons (Fsp3) is 0.909. The van der Waals surface area contributed by atoms with Crippen LogP contribution in [0.1, 0.15) is 33.1 Å². The maximum absolute atomic E-state index is 11.4. The van der Waals surface area contributed by atoms with Crippen LogP contribution in [0.25, 0.3) is 0 Å². The molecule has 0 aromatic heterocycles. The molecule has 1 saturated carbocycles. The van der Waals surface area contributed by atoms with Crippen molar-refractivity contribution >= 4 is 17.7 Å². The average Bonchev–Trinajstić information content (AvgIpc) is 2.63. The lowest BCUT2D eigenvalue weighted by molar-refractivity contribution is -0.120. The van der Waals surface area contributed by atoms with Gasteiger partial charge in [-0.3, -0.25) is 4.79 Å². The van der Waals surface area contributed by atoms with Crippen LogP contribution in [0, 0.1) is 0 Å². The van der Waals surface area contributed by atoms with E-state index < -0.39 is 0 Å². The second kappa shape index (κ2) is 7.12. The summed E-state index contributed by atoms with van der Waals surface area (Å²) in [4.78, 5) is 11.4. The highest BCUT2D eigenvalue weighted by molar-refractivity contribution is 7.99. The highest BCUT2D eigenvalue weighted by atomic mass is 32.2. The summed E-state index contributed by atoms with van der Waals surface area (Å²) < 4.78 is 0. The van der Waals surface area contributed by atoms with Gasteiger partial charge in [-0.15, -0.1) is 0 Å². The first-order chi connectivity index (χ1) is 7.26. The van der Waals surface area contributed by atoms with Gasteiger partial charge in [0.25, 0.3) is 0 Å². The van der Waals surface area contributed by atoms with E-state index in [0.717, 1.165) is 24.6 Å². The number of carbonyl (C=O) groups excluding carboxylic acids is 1. The molecule has 0 saturated heterocycles. The Morgan fingerprint density at radius 1 is 1.40 bits per heavy atom. The van der Waals surface area contributed by atoms with Crippen LogP contribution >= 0.6 is 11.8 Å². The third-order valence-corrected chi connectivity index (χ3v) is 3.92. The molecule has 4 heteroatoms. The average molecular weight is 230 g/mol. The van der Waals surface area contributed by atoms with Crippen molar-refractivity contribution in [3.63, 3.8) is 0 Å². The largest absolute Gasteiger partial charge is 0.352 e. The van der Waals surface area contributed by atoms with E-state index in [0.29, 0.717) is 12.6 Å². The van der Waals surface area contributed by atoms with Gasteiger partial charge in [-0.25, -0.2) is 0 Å². The zero-order valence-corrected chi connectivity index (χ0v) is 10.5. The lowest BCUT2D eigenvalue weighted by Gasteiger charge is -2.13. The second-order valence-electron chi connectivity index (χ2n) is 3.94. The number of likely N-dealkylation sites (N-methyl/N-ethyl adjacent to an activating group) is 1. The number of nitrogens with one attached hydrogen (secondary N) is 2. The first-order valence-corrected chi connectivity index (χ1v) is 6.92. The van der Waals surface area contributed by atoms with Crippen LogP contribution in [-0.2, 0) is 4.79 Å². The molecule has 3 nitrogen and oxygen atoms in total. The first-order valence-electron chi connectivity index (χ1n) is 5.88. The minimum atomic E-state index is 0.143. The van der Waals surface area contributed by atoms with Gasteiger partial charge >= 0.3 is 0 Å². The van der Waals surface area contributed by atoms with Crippen LogP contribution < -0.4 is 10.6 Å². The minimum absolute atomic E-state index is 0.143. The molecule has 0 aromatic carbocycles. The molecule has 0 heterocycles. The Balaban J connectivity index is 2.15. The molecule has 0 spiro atoms. The van der Waals surface area contributed by atoms with Crippen molar-refractivity contribution < 1.29 is 4.79 Å². The molecule has 1 amide bonds. The molecule has 2 unspecified atom stereocenters. The van der Waals surface area contributed by atoms with E-state index in [9.17, 15) is 4.79 Å². The number of rotatable bonds is 6. The summed E-state index contributed by atoms with van der Waals surface area (Å²) in [7, 11) is 0. The predicted octanol–water partition coefficient (Wildman–Crippen LogP) is 1.39. The van der Waals surface area contributed by atoms with Gasteiger partial charge < -0.3 is 10.6 Å². The Labute approximate surface area is 96.8 Å². The zero-order chi connectivity index (χ0) is 11.1. The predicted molar refractivity (Wildman–Crippen MR) is 66.2 cm³/mol. The van der Waals surface area contributed by atoms with Crippen LogP contribution in [-0.4, -0.2) is 36.0 Å².